The first-order valence-corrected chi connectivity index (χ1v) is 12.2. The molecule has 2 unspecified atom stereocenters. The van der Waals surface area contributed by atoms with Gasteiger partial charge in [-0.1, -0.05) is 54.6 Å². The lowest BCUT2D eigenvalue weighted by atomic mass is 9.82. The summed E-state index contributed by atoms with van der Waals surface area (Å²) in [7, 11) is 0. The van der Waals surface area contributed by atoms with Crippen LogP contribution in [0.2, 0.25) is 0 Å². The number of nitrogens with zero attached hydrogens (tertiary/aromatic N) is 2. The van der Waals surface area contributed by atoms with Crippen molar-refractivity contribution >= 4 is 11.7 Å². The summed E-state index contributed by atoms with van der Waals surface area (Å²) >= 11 is 0. The van der Waals surface area contributed by atoms with Crippen LogP contribution in [0.15, 0.2) is 72.8 Å². The first kappa shape index (κ1) is 21.6. The number of carbonyl (C=O) groups excluding carboxylic acids is 1. The standard InChI is InChI=1S/C30H25FN2O2/c31-29-13-12-19(17-32)14-27(29)20-15-21-6-5-7-22(16-20)33(21)30(34)35-18-28-25-10-3-1-8-23(25)24-9-2-4-11-26(24)28/h1-4,8-15,21-22,28H,5-7,16,18H2. The number of carbonyl (C=O) groups is 1. The fourth-order valence-electron chi connectivity index (χ4n) is 6.02. The minimum Gasteiger partial charge on any atom is -0.448 e. The molecule has 5 heteroatoms. The molecule has 0 N–H and O–H groups in total. The quantitative estimate of drug-likeness (QED) is 0.436. The van der Waals surface area contributed by atoms with Gasteiger partial charge in [0.1, 0.15) is 12.4 Å². The lowest BCUT2D eigenvalue weighted by molar-refractivity contribution is 0.0538. The highest BCUT2D eigenvalue weighted by atomic mass is 19.1. The molecular formula is C30H25FN2O2. The maximum Gasteiger partial charge on any atom is 0.410 e. The van der Waals surface area contributed by atoms with E-state index in [1.807, 2.05) is 35.2 Å². The van der Waals surface area contributed by atoms with Gasteiger partial charge in [-0.15, -0.1) is 0 Å². The lowest BCUT2D eigenvalue weighted by Crippen LogP contribution is -2.52. The Balaban J connectivity index is 1.23. The van der Waals surface area contributed by atoms with E-state index in [1.54, 1.807) is 6.07 Å². The van der Waals surface area contributed by atoms with Gasteiger partial charge >= 0.3 is 6.09 Å². The highest BCUT2D eigenvalue weighted by Crippen LogP contribution is 2.45. The predicted octanol–water partition coefficient (Wildman–Crippen LogP) is 6.66. The maximum atomic E-state index is 14.6. The van der Waals surface area contributed by atoms with Gasteiger partial charge in [0.25, 0.3) is 0 Å². The number of rotatable bonds is 3. The van der Waals surface area contributed by atoms with E-state index in [0.29, 0.717) is 17.5 Å². The van der Waals surface area contributed by atoms with E-state index in [-0.39, 0.29) is 36.5 Å². The Labute approximate surface area is 204 Å². The summed E-state index contributed by atoms with van der Waals surface area (Å²) in [6, 6.07) is 23.0. The Morgan fingerprint density at radius 2 is 1.71 bits per heavy atom. The van der Waals surface area contributed by atoms with E-state index in [2.05, 4.69) is 30.3 Å². The van der Waals surface area contributed by atoms with Crippen LogP contribution >= 0.6 is 0 Å². The Bertz CT molecular complexity index is 1340. The fourth-order valence-corrected chi connectivity index (χ4v) is 6.02. The molecule has 2 atom stereocenters. The molecule has 4 nitrogen and oxygen atoms in total. The molecule has 35 heavy (non-hydrogen) atoms. The molecule has 6 rings (SSSR count). The summed E-state index contributed by atoms with van der Waals surface area (Å²) in [6.45, 7) is 0.290. The summed E-state index contributed by atoms with van der Waals surface area (Å²) in [5, 5.41) is 9.24. The Kier molecular flexibility index (Phi) is 5.37. The van der Waals surface area contributed by atoms with Crippen LogP contribution in [-0.2, 0) is 4.74 Å². The normalized spacial score (nSPS) is 20.5. The molecule has 0 spiro atoms. The van der Waals surface area contributed by atoms with Gasteiger partial charge in [-0.3, -0.25) is 4.90 Å². The van der Waals surface area contributed by atoms with E-state index in [1.165, 1.54) is 34.4 Å². The van der Waals surface area contributed by atoms with Gasteiger partial charge in [0.15, 0.2) is 0 Å². The van der Waals surface area contributed by atoms with Gasteiger partial charge in [-0.25, -0.2) is 9.18 Å². The minimum atomic E-state index is -0.331. The molecule has 0 aromatic heterocycles. The third-order valence-corrected chi connectivity index (χ3v) is 7.63. The summed E-state index contributed by atoms with van der Waals surface area (Å²) in [6.07, 6.45) is 4.96. The summed E-state index contributed by atoms with van der Waals surface area (Å²) < 4.78 is 20.6. The molecule has 3 aromatic rings. The molecule has 2 heterocycles. The van der Waals surface area contributed by atoms with Crippen LogP contribution in [-0.4, -0.2) is 29.7 Å². The van der Waals surface area contributed by atoms with Gasteiger partial charge in [-0.05, 0) is 71.7 Å². The molecule has 1 fully saturated rings. The largest absolute Gasteiger partial charge is 0.448 e. The Morgan fingerprint density at radius 3 is 2.40 bits per heavy atom. The molecule has 0 radical (unpaired) electrons. The maximum absolute atomic E-state index is 14.6. The van der Waals surface area contributed by atoms with Crippen molar-refractivity contribution in [3.8, 4) is 17.2 Å². The van der Waals surface area contributed by atoms with Crippen LogP contribution in [0.5, 0.6) is 0 Å². The highest BCUT2D eigenvalue weighted by Gasteiger charge is 2.39. The van der Waals surface area contributed by atoms with Crippen molar-refractivity contribution in [2.45, 2.75) is 43.7 Å². The zero-order valence-electron chi connectivity index (χ0n) is 19.3. The van der Waals surface area contributed by atoms with E-state index >= 15 is 0 Å². The van der Waals surface area contributed by atoms with Crippen molar-refractivity contribution in [2.24, 2.45) is 0 Å². The number of amides is 1. The number of halogens is 1. The SMILES string of the molecule is N#Cc1ccc(F)c(C2=CC3CCCC(C2)N3C(=O)OCC2c3ccccc3-c3ccccc32)c1. The minimum absolute atomic E-state index is 0.0184. The zero-order valence-corrected chi connectivity index (χ0v) is 19.3. The van der Waals surface area contributed by atoms with E-state index in [4.69, 9.17) is 4.74 Å². The van der Waals surface area contributed by atoms with Crippen molar-refractivity contribution in [3.63, 3.8) is 0 Å². The Morgan fingerprint density at radius 1 is 1.00 bits per heavy atom. The number of piperidine rings is 1. The lowest BCUT2D eigenvalue weighted by Gasteiger charge is -2.44. The second-order valence-electron chi connectivity index (χ2n) is 9.57. The molecule has 3 aliphatic rings. The Hall–Kier alpha value is -3.91. The molecule has 2 aliphatic heterocycles. The van der Waals surface area contributed by atoms with Crippen molar-refractivity contribution in [2.75, 3.05) is 6.61 Å². The average Bonchev–Trinajstić information content (AvgIpc) is 3.20. The summed E-state index contributed by atoms with van der Waals surface area (Å²) in [5.41, 5.74) is 6.56. The van der Waals surface area contributed by atoms with Gasteiger partial charge in [0, 0.05) is 17.5 Å². The number of nitriles is 1. The van der Waals surface area contributed by atoms with E-state index in [9.17, 15) is 14.4 Å². The summed E-state index contributed by atoms with van der Waals surface area (Å²) in [4.78, 5) is 15.2. The van der Waals surface area contributed by atoms with Crippen LogP contribution in [0.3, 0.4) is 0 Å². The van der Waals surface area contributed by atoms with Crippen molar-refractivity contribution < 1.29 is 13.9 Å². The van der Waals surface area contributed by atoms with E-state index < -0.39 is 0 Å². The zero-order chi connectivity index (χ0) is 23.9. The van der Waals surface area contributed by atoms with Gasteiger partial charge in [-0.2, -0.15) is 5.26 Å². The topological polar surface area (TPSA) is 53.3 Å². The summed E-state index contributed by atoms with van der Waals surface area (Å²) in [5.74, 6) is -0.312. The van der Waals surface area contributed by atoms with Crippen molar-refractivity contribution in [1.29, 1.82) is 5.26 Å². The molecule has 174 valence electrons. The van der Waals surface area contributed by atoms with Crippen LogP contribution in [0, 0.1) is 17.1 Å². The smallest absolute Gasteiger partial charge is 0.410 e. The number of hydrogen-bond acceptors (Lipinski definition) is 3. The molecule has 3 aromatic carbocycles. The number of ether oxygens (including phenoxy) is 1. The molecule has 0 saturated carbocycles. The molecule has 1 amide bonds. The second kappa shape index (κ2) is 8.70. The molecule has 2 bridgehead atoms. The molecule has 1 saturated heterocycles. The van der Waals surface area contributed by atoms with Gasteiger partial charge < -0.3 is 4.74 Å². The van der Waals surface area contributed by atoms with Crippen LogP contribution in [0.4, 0.5) is 9.18 Å². The third kappa shape index (κ3) is 3.70. The molecule has 1 aliphatic carbocycles. The van der Waals surface area contributed by atoms with Gasteiger partial charge in [0.2, 0.25) is 0 Å². The highest BCUT2D eigenvalue weighted by molar-refractivity contribution is 5.79. The van der Waals surface area contributed by atoms with Crippen molar-refractivity contribution in [1.82, 2.24) is 4.90 Å². The number of benzene rings is 3. The molecular weight excluding hydrogens is 439 g/mol. The first-order valence-electron chi connectivity index (χ1n) is 12.2. The number of fused-ring (bicyclic) bond motifs is 5. The second-order valence-corrected chi connectivity index (χ2v) is 9.57. The monoisotopic (exact) mass is 464 g/mol. The fraction of sp³-hybridized carbons (Fsp3) is 0.267. The average molecular weight is 465 g/mol. The first-order chi connectivity index (χ1) is 17.1. The van der Waals surface area contributed by atoms with Crippen LogP contribution in [0.1, 0.15) is 53.9 Å². The van der Waals surface area contributed by atoms with Crippen molar-refractivity contribution in [3.05, 3.63) is 101 Å². The van der Waals surface area contributed by atoms with Crippen LogP contribution < -0.4 is 0 Å². The van der Waals surface area contributed by atoms with Crippen LogP contribution in [0.25, 0.3) is 16.7 Å². The predicted molar refractivity (Wildman–Crippen MR) is 132 cm³/mol. The third-order valence-electron chi connectivity index (χ3n) is 7.63. The number of hydrogen-bond donors (Lipinski definition) is 0. The van der Waals surface area contributed by atoms with E-state index in [0.717, 1.165) is 24.8 Å². The van der Waals surface area contributed by atoms with Gasteiger partial charge in [0.05, 0.1) is 17.7 Å².